The van der Waals surface area contributed by atoms with E-state index in [-0.39, 0.29) is 24.3 Å². The van der Waals surface area contributed by atoms with Gasteiger partial charge in [-0.15, -0.1) is 0 Å². The molecule has 2 N–H and O–H groups in total. The number of carbonyl (C=O) groups is 2. The van der Waals surface area contributed by atoms with E-state index in [1.165, 1.54) is 18.2 Å². The fourth-order valence-corrected chi connectivity index (χ4v) is 3.70. The minimum Gasteiger partial charge on any atom is -0.353 e. The average molecular weight is 333 g/mol. The summed E-state index contributed by atoms with van der Waals surface area (Å²) in [5, 5.41) is 5.71. The summed E-state index contributed by atoms with van der Waals surface area (Å²) in [4.78, 5) is 36.2. The molecule has 1 aromatic heterocycles. The minimum absolute atomic E-state index is 0.0678. The summed E-state index contributed by atoms with van der Waals surface area (Å²) >= 11 is 1.25. The molecular weight excluding hydrogens is 314 g/mol. The second-order valence-corrected chi connectivity index (χ2v) is 6.86. The molecule has 1 aliphatic carbocycles. The molecule has 2 heterocycles. The molecule has 8 heteroatoms. The van der Waals surface area contributed by atoms with Crippen molar-refractivity contribution in [2.45, 2.75) is 49.8 Å². The lowest BCUT2D eigenvalue weighted by Gasteiger charge is -2.23. The Morgan fingerprint density at radius 2 is 2.04 bits per heavy atom. The Labute approximate surface area is 138 Å². The highest BCUT2D eigenvalue weighted by Crippen LogP contribution is 2.24. The van der Waals surface area contributed by atoms with Crippen molar-refractivity contribution >= 4 is 34.7 Å². The first-order valence-corrected chi connectivity index (χ1v) is 8.71. The third-order valence-electron chi connectivity index (χ3n) is 3.87. The Kier molecular flexibility index (Phi) is 5.22. The van der Waals surface area contributed by atoms with Crippen molar-refractivity contribution in [3.05, 3.63) is 18.5 Å². The van der Waals surface area contributed by atoms with Crippen molar-refractivity contribution in [1.82, 2.24) is 20.6 Å². The van der Waals surface area contributed by atoms with E-state index < -0.39 is 5.25 Å². The van der Waals surface area contributed by atoms with Crippen molar-refractivity contribution in [3.8, 4) is 0 Å². The van der Waals surface area contributed by atoms with Crippen LogP contribution in [0.5, 0.6) is 0 Å². The molecule has 122 valence electrons. The van der Waals surface area contributed by atoms with E-state index >= 15 is 0 Å². The van der Waals surface area contributed by atoms with E-state index in [1.54, 1.807) is 18.5 Å². The van der Waals surface area contributed by atoms with Gasteiger partial charge in [-0.25, -0.2) is 9.97 Å². The van der Waals surface area contributed by atoms with E-state index in [0.29, 0.717) is 11.1 Å². The normalized spacial score (nSPS) is 23.7. The maximum absolute atomic E-state index is 12.1. The van der Waals surface area contributed by atoms with Crippen LogP contribution in [0.1, 0.15) is 38.5 Å². The molecule has 0 spiro atoms. The highest BCUT2D eigenvalue weighted by atomic mass is 32.2. The molecule has 1 unspecified atom stereocenters. The number of aromatic nitrogens is 2. The summed E-state index contributed by atoms with van der Waals surface area (Å²) in [7, 11) is 0. The Balaban J connectivity index is 1.53. The highest BCUT2D eigenvalue weighted by molar-refractivity contribution is 8.15. The van der Waals surface area contributed by atoms with Crippen LogP contribution in [0.25, 0.3) is 0 Å². The minimum atomic E-state index is -0.443. The van der Waals surface area contributed by atoms with Gasteiger partial charge in [0.25, 0.3) is 5.95 Å². The molecule has 2 amide bonds. The quantitative estimate of drug-likeness (QED) is 0.871. The number of carbonyl (C=O) groups excluding carboxylic acids is 2. The van der Waals surface area contributed by atoms with Gasteiger partial charge in [0, 0.05) is 24.9 Å². The number of aliphatic imine (C=N–C) groups is 1. The van der Waals surface area contributed by atoms with Gasteiger partial charge in [-0.2, -0.15) is 4.99 Å². The van der Waals surface area contributed by atoms with E-state index in [2.05, 4.69) is 25.6 Å². The van der Waals surface area contributed by atoms with E-state index in [4.69, 9.17) is 0 Å². The number of amidine groups is 1. The summed E-state index contributed by atoms with van der Waals surface area (Å²) in [5.41, 5.74) is 0. The molecule has 1 saturated carbocycles. The molecule has 1 aliphatic heterocycles. The molecule has 23 heavy (non-hydrogen) atoms. The van der Waals surface area contributed by atoms with E-state index in [1.807, 2.05) is 0 Å². The molecule has 7 nitrogen and oxygen atoms in total. The molecule has 0 aromatic carbocycles. The predicted molar refractivity (Wildman–Crippen MR) is 88.3 cm³/mol. The van der Waals surface area contributed by atoms with Crippen molar-refractivity contribution in [2.75, 3.05) is 0 Å². The van der Waals surface area contributed by atoms with Crippen LogP contribution in [0.2, 0.25) is 0 Å². The van der Waals surface area contributed by atoms with Crippen LogP contribution in [-0.2, 0) is 9.59 Å². The first-order chi connectivity index (χ1) is 11.2. The molecular formula is C15H19N5O2S. The van der Waals surface area contributed by atoms with E-state index in [9.17, 15) is 9.59 Å². The largest absolute Gasteiger partial charge is 0.353 e. The second kappa shape index (κ2) is 7.54. The molecule has 1 atom stereocenters. The van der Waals surface area contributed by atoms with Crippen LogP contribution in [0.4, 0.5) is 5.95 Å². The maximum atomic E-state index is 12.1. The lowest BCUT2D eigenvalue weighted by Crippen LogP contribution is -2.38. The second-order valence-electron chi connectivity index (χ2n) is 5.67. The number of thioether (sulfide) groups is 1. The number of hydrogen-bond donors (Lipinski definition) is 2. The zero-order chi connectivity index (χ0) is 16.1. The standard InChI is InChI=1S/C15H19N5O2S/c21-12(18-10-5-2-1-3-6-10)9-11-13(22)19-15(23-11)20-14-16-7-4-8-17-14/h4,7-8,10-11H,1-3,5-6,9H2,(H,18,21)(H,16,17,19,20,22). The van der Waals surface area contributed by atoms with Crippen molar-refractivity contribution < 1.29 is 9.59 Å². The highest BCUT2D eigenvalue weighted by Gasteiger charge is 2.32. The first kappa shape index (κ1) is 15.9. The Hall–Kier alpha value is -1.96. The van der Waals surface area contributed by atoms with Gasteiger partial charge in [0.05, 0.1) is 0 Å². The van der Waals surface area contributed by atoms with Crippen LogP contribution in [0.15, 0.2) is 23.5 Å². The number of nitrogens with zero attached hydrogens (tertiary/aromatic N) is 3. The zero-order valence-electron chi connectivity index (χ0n) is 12.7. The lowest BCUT2D eigenvalue weighted by atomic mass is 9.95. The molecule has 0 bridgehead atoms. The van der Waals surface area contributed by atoms with Crippen LogP contribution in [0.3, 0.4) is 0 Å². The van der Waals surface area contributed by atoms with E-state index in [0.717, 1.165) is 25.7 Å². The van der Waals surface area contributed by atoms with Crippen LogP contribution >= 0.6 is 11.8 Å². The van der Waals surface area contributed by atoms with Crippen molar-refractivity contribution in [2.24, 2.45) is 4.99 Å². The van der Waals surface area contributed by atoms with Crippen LogP contribution in [0, 0.1) is 0 Å². The average Bonchev–Trinajstić information content (AvgIpc) is 2.88. The number of hydrogen-bond acceptors (Lipinski definition) is 6. The van der Waals surface area contributed by atoms with Crippen molar-refractivity contribution in [3.63, 3.8) is 0 Å². The zero-order valence-corrected chi connectivity index (χ0v) is 13.5. The van der Waals surface area contributed by atoms with Gasteiger partial charge in [-0.1, -0.05) is 31.0 Å². The van der Waals surface area contributed by atoms with Gasteiger partial charge in [0.2, 0.25) is 11.8 Å². The van der Waals surface area contributed by atoms with Gasteiger partial charge in [0.1, 0.15) is 5.25 Å². The molecule has 1 aromatic rings. The smallest absolute Gasteiger partial charge is 0.251 e. The Morgan fingerprint density at radius 3 is 2.78 bits per heavy atom. The fraction of sp³-hybridized carbons (Fsp3) is 0.533. The maximum Gasteiger partial charge on any atom is 0.251 e. The van der Waals surface area contributed by atoms with Gasteiger partial charge < -0.3 is 10.6 Å². The van der Waals surface area contributed by atoms with Crippen molar-refractivity contribution in [1.29, 1.82) is 0 Å². The number of amides is 2. The topological polar surface area (TPSA) is 96.3 Å². The summed E-state index contributed by atoms with van der Waals surface area (Å²) in [6.07, 6.45) is 8.98. The number of nitrogens with one attached hydrogen (secondary N) is 2. The molecule has 2 fully saturated rings. The Morgan fingerprint density at radius 1 is 1.30 bits per heavy atom. The molecule has 3 rings (SSSR count). The summed E-state index contributed by atoms with van der Waals surface area (Å²) < 4.78 is 0. The first-order valence-electron chi connectivity index (χ1n) is 7.83. The molecule has 0 radical (unpaired) electrons. The lowest BCUT2D eigenvalue weighted by molar-refractivity contribution is -0.125. The van der Waals surface area contributed by atoms with Gasteiger partial charge in [-0.05, 0) is 18.9 Å². The third kappa shape index (κ3) is 4.51. The Bertz CT molecular complexity index is 601. The number of rotatable bonds is 4. The summed E-state index contributed by atoms with van der Waals surface area (Å²) in [5.74, 6) is 0.0350. The van der Waals surface area contributed by atoms with Gasteiger partial charge in [0.15, 0.2) is 5.17 Å². The van der Waals surface area contributed by atoms with Crippen LogP contribution < -0.4 is 10.6 Å². The van der Waals surface area contributed by atoms with Gasteiger partial charge >= 0.3 is 0 Å². The predicted octanol–water partition coefficient (Wildman–Crippen LogP) is 1.53. The molecule has 2 aliphatic rings. The monoisotopic (exact) mass is 333 g/mol. The summed E-state index contributed by atoms with van der Waals surface area (Å²) in [6, 6.07) is 1.96. The molecule has 1 saturated heterocycles. The fourth-order valence-electron chi connectivity index (χ4n) is 2.73. The van der Waals surface area contributed by atoms with Crippen LogP contribution in [-0.4, -0.2) is 38.2 Å². The summed E-state index contributed by atoms with van der Waals surface area (Å²) in [6.45, 7) is 0. The third-order valence-corrected chi connectivity index (χ3v) is 4.95. The van der Waals surface area contributed by atoms with Gasteiger partial charge in [-0.3, -0.25) is 9.59 Å². The SMILES string of the molecule is O=C(CC1S/C(=N\c2ncccn2)NC1=O)NC1CCCCC1.